The van der Waals surface area contributed by atoms with Crippen LogP contribution in [0.1, 0.15) is 12.2 Å². The average Bonchev–Trinajstić information content (AvgIpc) is 2.75. The molecule has 2 unspecified atom stereocenters. The van der Waals surface area contributed by atoms with Gasteiger partial charge in [-0.05, 0) is 20.5 Å². The lowest BCUT2D eigenvalue weighted by Crippen LogP contribution is -2.55. The zero-order chi connectivity index (χ0) is 13.1. The second-order valence-corrected chi connectivity index (χ2v) is 5.37. The Morgan fingerprint density at radius 1 is 1.39 bits per heavy atom. The summed E-state index contributed by atoms with van der Waals surface area (Å²) in [4.78, 5) is 8.85. The average molecular weight is 252 g/mol. The maximum Gasteiger partial charge on any atom is 0.108 e. The summed E-state index contributed by atoms with van der Waals surface area (Å²) in [5.74, 6) is 1.04. The molecule has 0 saturated carbocycles. The Labute approximate surface area is 109 Å². The molecule has 0 bridgehead atoms. The molecule has 18 heavy (non-hydrogen) atoms. The van der Waals surface area contributed by atoms with Gasteiger partial charge in [0.1, 0.15) is 5.82 Å². The lowest BCUT2D eigenvalue weighted by atomic mass is 10.0. The highest BCUT2D eigenvalue weighted by molar-refractivity contribution is 4.93. The normalized spacial score (nSPS) is 24.3. The second kappa shape index (κ2) is 5.82. The van der Waals surface area contributed by atoms with E-state index in [4.69, 9.17) is 0 Å². The van der Waals surface area contributed by atoms with E-state index in [1.54, 1.807) is 0 Å². The van der Waals surface area contributed by atoms with Crippen LogP contribution in [0.15, 0.2) is 12.4 Å². The Hall–Kier alpha value is -0.910. The van der Waals surface area contributed by atoms with Gasteiger partial charge >= 0.3 is 0 Å². The van der Waals surface area contributed by atoms with Crippen LogP contribution < -0.4 is 0 Å². The van der Waals surface area contributed by atoms with Crippen LogP contribution in [-0.4, -0.2) is 70.3 Å². The van der Waals surface area contributed by atoms with Crippen LogP contribution in [0.3, 0.4) is 0 Å². The van der Waals surface area contributed by atoms with E-state index in [2.05, 4.69) is 28.9 Å². The molecule has 2 heterocycles. The zero-order valence-corrected chi connectivity index (χ0v) is 11.6. The molecular formula is C13H24N4O. The smallest absolute Gasteiger partial charge is 0.108 e. The molecule has 0 aromatic carbocycles. The Morgan fingerprint density at radius 2 is 2.17 bits per heavy atom. The predicted octanol–water partition coefficient (Wildman–Crippen LogP) is -0.0406. The fourth-order valence-corrected chi connectivity index (χ4v) is 2.57. The highest BCUT2D eigenvalue weighted by atomic mass is 16.3. The third-order valence-electron chi connectivity index (χ3n) is 3.93. The van der Waals surface area contributed by atoms with Crippen molar-refractivity contribution in [3.8, 4) is 0 Å². The van der Waals surface area contributed by atoms with E-state index in [0.717, 1.165) is 38.3 Å². The first-order chi connectivity index (χ1) is 8.58. The largest absolute Gasteiger partial charge is 0.391 e. The van der Waals surface area contributed by atoms with Crippen LogP contribution in [0.5, 0.6) is 0 Å². The van der Waals surface area contributed by atoms with Gasteiger partial charge in [-0.15, -0.1) is 0 Å². The highest BCUT2D eigenvalue weighted by Gasteiger charge is 2.28. The predicted molar refractivity (Wildman–Crippen MR) is 71.5 cm³/mol. The molecule has 1 aromatic rings. The van der Waals surface area contributed by atoms with Crippen molar-refractivity contribution in [2.24, 2.45) is 7.05 Å². The van der Waals surface area contributed by atoms with E-state index >= 15 is 0 Å². The van der Waals surface area contributed by atoms with Gasteiger partial charge in [-0.1, -0.05) is 0 Å². The topological polar surface area (TPSA) is 44.5 Å². The van der Waals surface area contributed by atoms with Gasteiger partial charge < -0.3 is 14.6 Å². The first kappa shape index (κ1) is 13.5. The lowest BCUT2D eigenvalue weighted by molar-refractivity contribution is 0.0108. The summed E-state index contributed by atoms with van der Waals surface area (Å²) in [6.07, 6.45) is 5.08. The molecule has 102 valence electrons. The number of nitrogens with zero attached hydrogens (tertiary/aromatic N) is 4. The van der Waals surface area contributed by atoms with Gasteiger partial charge in [0.25, 0.3) is 0 Å². The van der Waals surface area contributed by atoms with Gasteiger partial charge in [-0.3, -0.25) is 4.90 Å². The van der Waals surface area contributed by atoms with Crippen molar-refractivity contribution in [1.82, 2.24) is 19.4 Å². The fraction of sp³-hybridized carbons (Fsp3) is 0.769. The lowest BCUT2D eigenvalue weighted by Gasteiger charge is -2.40. The zero-order valence-electron chi connectivity index (χ0n) is 11.6. The summed E-state index contributed by atoms with van der Waals surface area (Å²) < 4.78 is 2.02. The minimum absolute atomic E-state index is 0.240. The van der Waals surface area contributed by atoms with Gasteiger partial charge in [0.15, 0.2) is 0 Å². The van der Waals surface area contributed by atoms with Crippen LogP contribution in [-0.2, 0) is 13.5 Å². The van der Waals surface area contributed by atoms with Crippen molar-refractivity contribution in [1.29, 1.82) is 0 Å². The van der Waals surface area contributed by atoms with Gasteiger partial charge in [0.2, 0.25) is 0 Å². The van der Waals surface area contributed by atoms with Crippen molar-refractivity contribution in [2.45, 2.75) is 25.0 Å². The molecular weight excluding hydrogens is 228 g/mol. The molecule has 0 spiro atoms. The number of aliphatic hydroxyl groups is 1. The number of hydrogen-bond donors (Lipinski definition) is 1. The summed E-state index contributed by atoms with van der Waals surface area (Å²) in [6, 6.07) is 0.240. The van der Waals surface area contributed by atoms with Gasteiger partial charge in [-0.25, -0.2) is 4.98 Å². The molecule has 0 amide bonds. The van der Waals surface area contributed by atoms with Crippen LogP contribution in [0.2, 0.25) is 0 Å². The van der Waals surface area contributed by atoms with Gasteiger partial charge in [0, 0.05) is 51.5 Å². The third-order valence-corrected chi connectivity index (χ3v) is 3.93. The van der Waals surface area contributed by atoms with Crippen LogP contribution in [0.4, 0.5) is 0 Å². The standard InChI is InChI=1S/C13H24N4O/c1-15-8-9-16(2)11(10-15)12(18)4-5-13-14-6-7-17(13)3/h6-7,11-12,18H,4-5,8-10H2,1-3H3. The summed E-state index contributed by atoms with van der Waals surface area (Å²) >= 11 is 0. The number of imidazole rings is 1. The molecule has 2 atom stereocenters. The van der Waals surface area contributed by atoms with Crippen LogP contribution >= 0.6 is 0 Å². The molecule has 1 fully saturated rings. The quantitative estimate of drug-likeness (QED) is 0.817. The van der Waals surface area contributed by atoms with Crippen LogP contribution in [0.25, 0.3) is 0 Å². The summed E-state index contributed by atoms with van der Waals surface area (Å²) in [5.41, 5.74) is 0. The van der Waals surface area contributed by atoms with Crippen molar-refractivity contribution < 1.29 is 5.11 Å². The summed E-state index contributed by atoms with van der Waals surface area (Å²) in [6.45, 7) is 3.05. The molecule has 5 nitrogen and oxygen atoms in total. The Kier molecular flexibility index (Phi) is 4.37. The molecule has 1 N–H and O–H groups in total. The third kappa shape index (κ3) is 3.10. The number of hydrogen-bond acceptors (Lipinski definition) is 4. The summed E-state index contributed by atoms with van der Waals surface area (Å²) in [7, 11) is 6.21. The highest BCUT2D eigenvalue weighted by Crippen LogP contribution is 2.14. The first-order valence-electron chi connectivity index (χ1n) is 6.61. The second-order valence-electron chi connectivity index (χ2n) is 5.37. The molecule has 1 aliphatic rings. The SMILES string of the molecule is CN1CCN(C)C(C(O)CCc2nccn2C)C1. The first-order valence-corrected chi connectivity index (χ1v) is 6.61. The number of piperazine rings is 1. The van der Waals surface area contributed by atoms with E-state index in [1.165, 1.54) is 0 Å². The molecule has 1 aliphatic heterocycles. The number of rotatable bonds is 4. The minimum Gasteiger partial charge on any atom is -0.391 e. The Morgan fingerprint density at radius 3 is 2.83 bits per heavy atom. The molecule has 1 saturated heterocycles. The molecule has 2 rings (SSSR count). The van der Waals surface area contributed by atoms with Gasteiger partial charge in [-0.2, -0.15) is 0 Å². The van der Waals surface area contributed by atoms with Crippen molar-refractivity contribution in [2.75, 3.05) is 33.7 Å². The van der Waals surface area contributed by atoms with E-state index in [-0.39, 0.29) is 12.1 Å². The van der Waals surface area contributed by atoms with Crippen molar-refractivity contribution in [3.05, 3.63) is 18.2 Å². The van der Waals surface area contributed by atoms with E-state index < -0.39 is 0 Å². The maximum atomic E-state index is 10.3. The summed E-state index contributed by atoms with van der Waals surface area (Å²) in [5, 5.41) is 10.3. The number of aliphatic hydroxyl groups excluding tert-OH is 1. The van der Waals surface area contributed by atoms with E-state index in [9.17, 15) is 5.11 Å². The van der Waals surface area contributed by atoms with Gasteiger partial charge in [0.05, 0.1) is 6.10 Å². The monoisotopic (exact) mass is 252 g/mol. The van der Waals surface area contributed by atoms with Crippen molar-refractivity contribution in [3.63, 3.8) is 0 Å². The Bertz CT molecular complexity index is 379. The number of aromatic nitrogens is 2. The Balaban J connectivity index is 1.87. The molecule has 0 radical (unpaired) electrons. The molecule has 0 aliphatic carbocycles. The molecule has 5 heteroatoms. The fourth-order valence-electron chi connectivity index (χ4n) is 2.57. The number of likely N-dealkylation sites (N-methyl/N-ethyl adjacent to an activating group) is 2. The minimum atomic E-state index is -0.283. The molecule has 1 aromatic heterocycles. The van der Waals surface area contributed by atoms with E-state index in [1.807, 2.05) is 24.0 Å². The maximum absolute atomic E-state index is 10.3. The van der Waals surface area contributed by atoms with Crippen LogP contribution in [0, 0.1) is 0 Å². The number of aryl methyl sites for hydroxylation is 2. The van der Waals surface area contributed by atoms with Crippen molar-refractivity contribution >= 4 is 0 Å². The van der Waals surface area contributed by atoms with E-state index in [0.29, 0.717) is 0 Å².